The molecule has 0 radical (unpaired) electrons. The highest BCUT2D eigenvalue weighted by Crippen LogP contribution is 2.58. The summed E-state index contributed by atoms with van der Waals surface area (Å²) in [7, 11) is -0.309. The first kappa shape index (κ1) is 36.3. The quantitative estimate of drug-likeness (QED) is 0.123. The van der Waals surface area contributed by atoms with E-state index in [4.69, 9.17) is 9.47 Å². The summed E-state index contributed by atoms with van der Waals surface area (Å²) in [5.41, 5.74) is 17.8. The topological polar surface area (TPSA) is 18.5 Å². The molecule has 2 aliphatic rings. The molecule has 2 nitrogen and oxygen atoms in total. The van der Waals surface area contributed by atoms with Gasteiger partial charge in [0, 0.05) is 18.2 Å². The minimum absolute atomic E-state index is 0.146. The van der Waals surface area contributed by atoms with E-state index in [0.717, 1.165) is 0 Å². The number of methoxy groups -OCH3 is 1. The van der Waals surface area contributed by atoms with Gasteiger partial charge < -0.3 is 9.47 Å². The standard InChI is InChI=1S/C47H58O2Si/c1-9-11-27-50(28-12-10-2,45-33(3)29-43-39(15-13-17-41(43)45)37-23-19-35(20-24-37)31-48-8)46-34(4)30-44-40(16-14-18-42(44)46)38-25-21-36(22-26-38)32-49-47(5,6)7/h13-26,29-30,45-46H,9-12,27-28,31-32H2,1-8H3. The minimum atomic E-state index is -2.07. The molecule has 0 spiro atoms. The summed E-state index contributed by atoms with van der Waals surface area (Å²) in [5.74, 6) is 0. The Kier molecular flexibility index (Phi) is 11.2. The van der Waals surface area contributed by atoms with Gasteiger partial charge in [-0.25, -0.2) is 0 Å². The van der Waals surface area contributed by atoms with Crippen LogP contribution in [0.15, 0.2) is 96.1 Å². The van der Waals surface area contributed by atoms with Crippen molar-refractivity contribution in [1.82, 2.24) is 0 Å². The Morgan fingerprint density at radius 1 is 0.600 bits per heavy atom. The Hall–Kier alpha value is -3.50. The zero-order chi connectivity index (χ0) is 35.5. The van der Waals surface area contributed by atoms with Crippen LogP contribution in [0.4, 0.5) is 0 Å². The average molecular weight is 683 g/mol. The molecule has 2 atom stereocenters. The van der Waals surface area contributed by atoms with E-state index in [2.05, 4.69) is 146 Å². The lowest BCUT2D eigenvalue weighted by Gasteiger charge is -2.45. The largest absolute Gasteiger partial charge is 0.380 e. The van der Waals surface area contributed by atoms with Crippen molar-refractivity contribution in [2.24, 2.45) is 0 Å². The van der Waals surface area contributed by atoms with Crippen LogP contribution in [0.2, 0.25) is 12.1 Å². The third-order valence-corrected chi connectivity index (χ3v) is 17.6. The van der Waals surface area contributed by atoms with Crippen molar-refractivity contribution >= 4 is 20.2 Å². The van der Waals surface area contributed by atoms with Crippen LogP contribution in [-0.2, 0) is 22.7 Å². The molecule has 2 aliphatic carbocycles. The Bertz CT molecular complexity index is 1830. The fourth-order valence-electron chi connectivity index (χ4n) is 9.04. The molecule has 0 aromatic heterocycles. The second-order valence-electron chi connectivity index (χ2n) is 15.9. The van der Waals surface area contributed by atoms with Gasteiger partial charge in [0.1, 0.15) is 0 Å². The van der Waals surface area contributed by atoms with Gasteiger partial charge in [-0.05, 0) is 90.3 Å². The fourth-order valence-corrected chi connectivity index (χ4v) is 16.5. The molecule has 262 valence electrons. The normalized spacial score (nSPS) is 17.0. The van der Waals surface area contributed by atoms with Crippen LogP contribution in [0.5, 0.6) is 0 Å². The van der Waals surface area contributed by atoms with Crippen LogP contribution in [0, 0.1) is 0 Å². The molecule has 0 aliphatic heterocycles. The fraction of sp³-hybridized carbons (Fsp3) is 0.404. The molecule has 4 aromatic rings. The highest BCUT2D eigenvalue weighted by Gasteiger charge is 2.52. The first-order chi connectivity index (χ1) is 24.1. The van der Waals surface area contributed by atoms with Crippen LogP contribution in [-0.4, -0.2) is 20.8 Å². The predicted octanol–water partition coefficient (Wildman–Crippen LogP) is 13.3. The van der Waals surface area contributed by atoms with Gasteiger partial charge >= 0.3 is 0 Å². The SMILES string of the molecule is CCCC[Si](CCCC)(C1C(C)=Cc2c(-c3ccc(COC)cc3)cccc21)C1C(C)=Cc2c(-c3ccc(COC(C)(C)C)cc3)cccc21. The molecule has 6 rings (SSSR count). The summed E-state index contributed by atoms with van der Waals surface area (Å²) in [6.07, 6.45) is 10.2. The highest BCUT2D eigenvalue weighted by atomic mass is 28.3. The first-order valence-corrected chi connectivity index (χ1v) is 21.6. The van der Waals surface area contributed by atoms with Crippen molar-refractivity contribution in [3.63, 3.8) is 0 Å². The van der Waals surface area contributed by atoms with Gasteiger partial charge in [-0.3, -0.25) is 0 Å². The van der Waals surface area contributed by atoms with E-state index in [-0.39, 0.29) is 5.60 Å². The van der Waals surface area contributed by atoms with Gasteiger partial charge in [0.15, 0.2) is 0 Å². The van der Waals surface area contributed by atoms with Crippen molar-refractivity contribution < 1.29 is 9.47 Å². The van der Waals surface area contributed by atoms with Crippen LogP contribution in [0.25, 0.3) is 34.4 Å². The molecule has 0 saturated carbocycles. The van der Waals surface area contributed by atoms with Gasteiger partial charge in [0.25, 0.3) is 0 Å². The lowest BCUT2D eigenvalue weighted by molar-refractivity contribution is -0.0149. The first-order valence-electron chi connectivity index (χ1n) is 19.0. The molecular formula is C47H58O2Si. The Morgan fingerprint density at radius 2 is 1.04 bits per heavy atom. The van der Waals surface area contributed by atoms with Crippen LogP contribution >= 0.6 is 0 Å². The maximum Gasteiger partial charge on any atom is 0.0781 e. The van der Waals surface area contributed by atoms with E-state index in [0.29, 0.717) is 24.3 Å². The molecule has 0 saturated heterocycles. The molecule has 0 amide bonds. The van der Waals surface area contributed by atoms with Crippen molar-refractivity contribution in [2.75, 3.05) is 7.11 Å². The maximum absolute atomic E-state index is 6.08. The molecule has 4 aromatic carbocycles. The Morgan fingerprint density at radius 3 is 1.44 bits per heavy atom. The van der Waals surface area contributed by atoms with Crippen molar-refractivity contribution in [3.05, 3.63) is 129 Å². The van der Waals surface area contributed by atoms with E-state index in [1.165, 1.54) is 82.3 Å². The second-order valence-corrected chi connectivity index (χ2v) is 20.5. The molecule has 0 fully saturated rings. The summed E-state index contributed by atoms with van der Waals surface area (Å²) in [5, 5.41) is 0. The summed E-state index contributed by atoms with van der Waals surface area (Å²) in [6.45, 7) is 17.3. The van der Waals surface area contributed by atoms with E-state index in [1.807, 2.05) is 0 Å². The molecule has 3 heteroatoms. The number of unbranched alkanes of at least 4 members (excludes halogenated alkanes) is 2. The number of benzene rings is 4. The Balaban J connectivity index is 1.44. The number of hydrogen-bond acceptors (Lipinski definition) is 2. The maximum atomic E-state index is 6.08. The smallest absolute Gasteiger partial charge is 0.0781 e. The molecule has 0 bridgehead atoms. The van der Waals surface area contributed by atoms with Gasteiger partial charge in [-0.1, -0.05) is 160 Å². The van der Waals surface area contributed by atoms with Gasteiger partial charge in [-0.15, -0.1) is 0 Å². The molecule has 0 heterocycles. The van der Waals surface area contributed by atoms with Crippen LogP contribution in [0.1, 0.15) is 119 Å². The van der Waals surface area contributed by atoms with Crippen LogP contribution < -0.4 is 0 Å². The second kappa shape index (κ2) is 15.4. The van der Waals surface area contributed by atoms with E-state index < -0.39 is 8.07 Å². The van der Waals surface area contributed by atoms with E-state index >= 15 is 0 Å². The molecule has 2 unspecified atom stereocenters. The van der Waals surface area contributed by atoms with Gasteiger partial charge in [0.05, 0.1) is 26.9 Å². The summed E-state index contributed by atoms with van der Waals surface area (Å²) in [4.78, 5) is 0. The monoisotopic (exact) mass is 682 g/mol. The summed E-state index contributed by atoms with van der Waals surface area (Å²) < 4.78 is 11.5. The number of fused-ring (bicyclic) bond motifs is 2. The molecular weight excluding hydrogens is 625 g/mol. The minimum Gasteiger partial charge on any atom is -0.380 e. The zero-order valence-corrected chi connectivity index (χ0v) is 32.9. The van der Waals surface area contributed by atoms with Crippen molar-refractivity contribution in [2.45, 2.75) is 116 Å². The van der Waals surface area contributed by atoms with Crippen molar-refractivity contribution in [3.8, 4) is 22.3 Å². The summed E-state index contributed by atoms with van der Waals surface area (Å²) in [6, 6.07) is 35.1. The van der Waals surface area contributed by atoms with Gasteiger partial charge in [0.2, 0.25) is 0 Å². The predicted molar refractivity (Wildman–Crippen MR) is 217 cm³/mol. The zero-order valence-electron chi connectivity index (χ0n) is 31.9. The van der Waals surface area contributed by atoms with E-state index in [1.54, 1.807) is 29.4 Å². The lowest BCUT2D eigenvalue weighted by Crippen LogP contribution is -2.48. The molecule has 0 N–H and O–H groups in total. The van der Waals surface area contributed by atoms with Crippen LogP contribution in [0.3, 0.4) is 0 Å². The van der Waals surface area contributed by atoms with Gasteiger partial charge in [-0.2, -0.15) is 0 Å². The average Bonchev–Trinajstić information content (AvgIpc) is 3.64. The summed E-state index contributed by atoms with van der Waals surface area (Å²) >= 11 is 0. The number of allylic oxidation sites excluding steroid dienone is 2. The van der Waals surface area contributed by atoms with E-state index in [9.17, 15) is 0 Å². The Labute approximate surface area is 303 Å². The highest BCUT2D eigenvalue weighted by molar-refractivity contribution is 6.84. The van der Waals surface area contributed by atoms with Crippen molar-refractivity contribution in [1.29, 1.82) is 0 Å². The lowest BCUT2D eigenvalue weighted by atomic mass is 9.96. The molecule has 50 heavy (non-hydrogen) atoms. The number of hydrogen-bond donors (Lipinski definition) is 0. The third-order valence-electron chi connectivity index (χ3n) is 11.2. The third kappa shape index (κ3) is 7.29. The number of rotatable bonds is 14. The number of ether oxygens (including phenoxy) is 2.